The van der Waals surface area contributed by atoms with Crippen LogP contribution in [0.2, 0.25) is 0 Å². The van der Waals surface area contributed by atoms with Gasteiger partial charge in [-0.2, -0.15) is 0 Å². The summed E-state index contributed by atoms with van der Waals surface area (Å²) in [6.07, 6.45) is 1.39. The molecule has 5 nitrogen and oxygen atoms in total. The van der Waals surface area contributed by atoms with E-state index in [0.29, 0.717) is 10.6 Å². The Labute approximate surface area is 73.2 Å². The zero-order chi connectivity index (χ0) is 8.97. The van der Waals surface area contributed by atoms with Crippen LogP contribution in [0.5, 0.6) is 0 Å². The minimum atomic E-state index is -0.513. The largest absolute Gasteiger partial charge is 0.379 e. The van der Waals surface area contributed by atoms with Gasteiger partial charge in [0.25, 0.3) is 0 Å². The molecule has 0 saturated carbocycles. The molecule has 0 radical (unpaired) electrons. The molecule has 0 fully saturated rings. The Balaban J connectivity index is 2.71. The van der Waals surface area contributed by atoms with Crippen LogP contribution in [-0.2, 0) is 4.84 Å². The highest BCUT2D eigenvalue weighted by Crippen LogP contribution is 2.10. The van der Waals surface area contributed by atoms with Crippen LogP contribution in [0.25, 0.3) is 0 Å². The Morgan fingerprint density at radius 3 is 3.00 bits per heavy atom. The quantitative estimate of drug-likeness (QED) is 0.392. The summed E-state index contributed by atoms with van der Waals surface area (Å²) in [5.41, 5.74) is 0.566. The van der Waals surface area contributed by atoms with Crippen LogP contribution in [0.1, 0.15) is 22.3 Å². The van der Waals surface area contributed by atoms with Crippen molar-refractivity contribution in [2.45, 2.75) is 13.8 Å². The first kappa shape index (κ1) is 8.79. The van der Waals surface area contributed by atoms with E-state index in [4.69, 9.17) is 0 Å². The molecule has 0 aliphatic rings. The van der Waals surface area contributed by atoms with Gasteiger partial charge < -0.3 is 4.84 Å². The molecule has 0 atom stereocenters. The predicted molar refractivity (Wildman–Crippen MR) is 44.2 cm³/mol. The SMILES string of the molecule is C/C=N\OC(=O)c1snnc1C. The second-order valence-electron chi connectivity index (χ2n) is 1.93. The molecule has 0 aliphatic carbocycles. The Kier molecular flexibility index (Phi) is 2.87. The van der Waals surface area contributed by atoms with Gasteiger partial charge in [-0.05, 0) is 25.4 Å². The van der Waals surface area contributed by atoms with Crippen molar-refractivity contribution in [3.8, 4) is 0 Å². The van der Waals surface area contributed by atoms with Gasteiger partial charge >= 0.3 is 5.97 Å². The topological polar surface area (TPSA) is 64.4 Å². The van der Waals surface area contributed by atoms with Gasteiger partial charge in [0.2, 0.25) is 0 Å². The fraction of sp³-hybridized carbons (Fsp3) is 0.333. The molecular weight excluding hydrogens is 178 g/mol. The molecule has 0 spiro atoms. The lowest BCUT2D eigenvalue weighted by atomic mass is 10.4. The molecule has 64 valence electrons. The van der Waals surface area contributed by atoms with E-state index in [-0.39, 0.29) is 0 Å². The third-order valence-electron chi connectivity index (χ3n) is 1.08. The van der Waals surface area contributed by atoms with Crippen molar-refractivity contribution in [3.63, 3.8) is 0 Å². The van der Waals surface area contributed by atoms with Crippen molar-refractivity contribution in [2.24, 2.45) is 5.16 Å². The molecule has 0 aliphatic heterocycles. The molecule has 12 heavy (non-hydrogen) atoms. The Bertz CT molecular complexity index is 307. The zero-order valence-corrected chi connectivity index (χ0v) is 7.46. The maximum atomic E-state index is 11.1. The number of carbonyl (C=O) groups is 1. The molecule has 0 aromatic carbocycles. The third kappa shape index (κ3) is 1.85. The van der Waals surface area contributed by atoms with Gasteiger partial charge in [-0.25, -0.2) is 4.79 Å². The van der Waals surface area contributed by atoms with Gasteiger partial charge in [0.1, 0.15) is 0 Å². The Hall–Kier alpha value is -1.30. The molecule has 0 unspecified atom stereocenters. The first-order valence-corrected chi connectivity index (χ1v) is 4.01. The third-order valence-corrected chi connectivity index (χ3v) is 1.89. The first-order valence-electron chi connectivity index (χ1n) is 3.24. The van der Waals surface area contributed by atoms with Crippen molar-refractivity contribution in [1.82, 2.24) is 9.59 Å². The van der Waals surface area contributed by atoms with E-state index in [1.807, 2.05) is 0 Å². The molecule has 0 amide bonds. The van der Waals surface area contributed by atoms with Gasteiger partial charge in [0.15, 0.2) is 4.88 Å². The fourth-order valence-electron chi connectivity index (χ4n) is 0.561. The number of nitrogens with zero attached hydrogens (tertiary/aromatic N) is 3. The van der Waals surface area contributed by atoms with Gasteiger partial charge in [-0.1, -0.05) is 9.64 Å². The van der Waals surface area contributed by atoms with E-state index < -0.39 is 5.97 Å². The second kappa shape index (κ2) is 3.91. The van der Waals surface area contributed by atoms with Crippen LogP contribution in [0.4, 0.5) is 0 Å². The molecule has 1 aromatic rings. The van der Waals surface area contributed by atoms with E-state index in [1.165, 1.54) is 6.21 Å². The lowest BCUT2D eigenvalue weighted by Gasteiger charge is -1.91. The summed E-state index contributed by atoms with van der Waals surface area (Å²) in [7, 11) is 0. The van der Waals surface area contributed by atoms with Crippen LogP contribution >= 0.6 is 11.5 Å². The van der Waals surface area contributed by atoms with Gasteiger partial charge in [0, 0.05) is 6.21 Å². The summed E-state index contributed by atoms with van der Waals surface area (Å²) in [5.74, 6) is -0.513. The van der Waals surface area contributed by atoms with Crippen molar-refractivity contribution in [3.05, 3.63) is 10.6 Å². The van der Waals surface area contributed by atoms with Crippen LogP contribution in [-0.4, -0.2) is 21.8 Å². The number of hydrogen-bond donors (Lipinski definition) is 0. The number of hydrogen-bond acceptors (Lipinski definition) is 6. The van der Waals surface area contributed by atoms with Gasteiger partial charge in [-0.3, -0.25) is 0 Å². The average Bonchev–Trinajstić information content (AvgIpc) is 2.47. The molecule has 0 saturated heterocycles. The summed E-state index contributed by atoms with van der Waals surface area (Å²) < 4.78 is 3.59. The number of rotatable bonds is 2. The molecule has 1 rings (SSSR count). The van der Waals surface area contributed by atoms with Crippen LogP contribution in [0, 0.1) is 6.92 Å². The summed E-state index contributed by atoms with van der Waals surface area (Å²) in [5, 5.41) is 7.01. The van der Waals surface area contributed by atoms with Gasteiger partial charge in [-0.15, -0.1) is 5.10 Å². The van der Waals surface area contributed by atoms with Gasteiger partial charge in [0.05, 0.1) is 5.69 Å². The molecule has 6 heteroatoms. The molecule has 0 bridgehead atoms. The maximum absolute atomic E-state index is 11.1. The molecule has 1 heterocycles. The Morgan fingerprint density at radius 1 is 1.75 bits per heavy atom. The van der Waals surface area contributed by atoms with E-state index in [2.05, 4.69) is 19.6 Å². The first-order chi connectivity index (χ1) is 5.75. The summed E-state index contributed by atoms with van der Waals surface area (Å²) >= 11 is 0.999. The predicted octanol–water partition coefficient (Wildman–Crippen LogP) is 1.01. The normalized spacial score (nSPS) is 10.5. The van der Waals surface area contributed by atoms with E-state index in [1.54, 1.807) is 13.8 Å². The maximum Gasteiger partial charge on any atom is 0.379 e. The smallest absolute Gasteiger partial charge is 0.312 e. The number of aromatic nitrogens is 2. The fourth-order valence-corrected chi connectivity index (χ4v) is 1.09. The average molecular weight is 185 g/mol. The van der Waals surface area contributed by atoms with E-state index in [0.717, 1.165) is 11.5 Å². The van der Waals surface area contributed by atoms with Crippen LogP contribution in [0.3, 0.4) is 0 Å². The van der Waals surface area contributed by atoms with Crippen molar-refractivity contribution in [1.29, 1.82) is 0 Å². The molecular formula is C6H7N3O2S. The molecule has 0 N–H and O–H groups in total. The van der Waals surface area contributed by atoms with Crippen molar-refractivity contribution < 1.29 is 9.63 Å². The monoisotopic (exact) mass is 185 g/mol. The zero-order valence-electron chi connectivity index (χ0n) is 6.64. The number of aryl methyl sites for hydroxylation is 1. The lowest BCUT2D eigenvalue weighted by Crippen LogP contribution is -1.99. The number of carbonyl (C=O) groups excluding carboxylic acids is 1. The van der Waals surface area contributed by atoms with E-state index in [9.17, 15) is 4.79 Å². The highest BCUT2D eigenvalue weighted by Gasteiger charge is 2.14. The van der Waals surface area contributed by atoms with Crippen molar-refractivity contribution in [2.75, 3.05) is 0 Å². The lowest BCUT2D eigenvalue weighted by molar-refractivity contribution is 0.0523. The standard InChI is InChI=1S/C6H7N3O2S/c1-3-7-11-6(10)5-4(2)8-9-12-5/h3H,1-2H3/b7-3-. The number of oxime groups is 1. The summed E-state index contributed by atoms with van der Waals surface area (Å²) in [4.78, 5) is 15.9. The summed E-state index contributed by atoms with van der Waals surface area (Å²) in [6.45, 7) is 3.35. The molecule has 1 aromatic heterocycles. The Morgan fingerprint density at radius 2 is 2.50 bits per heavy atom. The highest BCUT2D eigenvalue weighted by molar-refractivity contribution is 7.07. The van der Waals surface area contributed by atoms with Crippen LogP contribution < -0.4 is 0 Å². The second-order valence-corrected chi connectivity index (χ2v) is 2.68. The van der Waals surface area contributed by atoms with E-state index >= 15 is 0 Å². The minimum absolute atomic E-state index is 0.389. The van der Waals surface area contributed by atoms with Crippen LogP contribution in [0.15, 0.2) is 5.16 Å². The van der Waals surface area contributed by atoms with Crippen molar-refractivity contribution >= 4 is 23.7 Å². The highest BCUT2D eigenvalue weighted by atomic mass is 32.1. The summed E-state index contributed by atoms with van der Waals surface area (Å²) in [6, 6.07) is 0. The minimum Gasteiger partial charge on any atom is -0.312 e.